The molecule has 0 spiro atoms. The van der Waals surface area contributed by atoms with E-state index in [1.165, 1.54) is 30.5 Å². The molecule has 0 aliphatic heterocycles. The van der Waals surface area contributed by atoms with Crippen LogP contribution < -0.4 is 4.72 Å². The number of nitrogens with zero attached hydrogens (tertiary/aromatic N) is 3. The normalized spacial score (nSPS) is 10.8. The van der Waals surface area contributed by atoms with Gasteiger partial charge in [-0.15, -0.1) is 0 Å². The van der Waals surface area contributed by atoms with Crippen molar-refractivity contribution < 1.29 is 8.42 Å². The third kappa shape index (κ3) is 3.17. The van der Waals surface area contributed by atoms with Crippen LogP contribution in [0.3, 0.4) is 0 Å². The van der Waals surface area contributed by atoms with Crippen LogP contribution in [-0.2, 0) is 10.0 Å². The zero-order chi connectivity index (χ0) is 14.8. The van der Waals surface area contributed by atoms with Crippen molar-refractivity contribution in [2.45, 2.75) is 4.90 Å². The summed E-state index contributed by atoms with van der Waals surface area (Å²) in [6, 6.07) is 6.98. The molecular formula is C11H6Cl2N4O2S. The fourth-order valence-corrected chi connectivity index (χ4v) is 2.80. The van der Waals surface area contributed by atoms with Crippen molar-refractivity contribution >= 4 is 39.0 Å². The van der Waals surface area contributed by atoms with Gasteiger partial charge in [-0.1, -0.05) is 11.6 Å². The van der Waals surface area contributed by atoms with E-state index in [1.54, 1.807) is 0 Å². The first-order chi connectivity index (χ1) is 9.42. The Morgan fingerprint density at radius 1 is 1.25 bits per heavy atom. The minimum atomic E-state index is -3.87. The Morgan fingerprint density at radius 3 is 2.60 bits per heavy atom. The minimum absolute atomic E-state index is 0.0329. The van der Waals surface area contributed by atoms with E-state index >= 15 is 0 Å². The van der Waals surface area contributed by atoms with E-state index in [0.29, 0.717) is 0 Å². The monoisotopic (exact) mass is 328 g/mol. The Labute approximate surface area is 125 Å². The molecule has 9 heteroatoms. The molecule has 1 N–H and O–H groups in total. The van der Waals surface area contributed by atoms with Gasteiger partial charge in [-0.3, -0.25) is 4.72 Å². The third-order valence-corrected chi connectivity index (χ3v) is 4.08. The molecule has 0 amide bonds. The molecule has 0 aliphatic carbocycles. The van der Waals surface area contributed by atoms with Gasteiger partial charge >= 0.3 is 0 Å². The molecule has 1 aromatic heterocycles. The number of rotatable bonds is 3. The molecule has 1 aromatic carbocycles. The van der Waals surface area contributed by atoms with Crippen LogP contribution in [0.25, 0.3) is 0 Å². The first-order valence-corrected chi connectivity index (χ1v) is 7.37. The molecule has 0 saturated heterocycles. The van der Waals surface area contributed by atoms with E-state index in [4.69, 9.17) is 28.5 Å². The summed E-state index contributed by atoms with van der Waals surface area (Å²) in [6.07, 6.45) is 1.32. The molecular weight excluding hydrogens is 323 g/mol. The van der Waals surface area contributed by atoms with Crippen LogP contribution in [0.15, 0.2) is 35.4 Å². The molecule has 2 aromatic rings. The molecule has 20 heavy (non-hydrogen) atoms. The summed E-state index contributed by atoms with van der Waals surface area (Å²) >= 11 is 11.4. The summed E-state index contributed by atoms with van der Waals surface area (Å²) in [5.41, 5.74) is 0.190. The van der Waals surface area contributed by atoms with Crippen molar-refractivity contribution in [1.82, 2.24) is 9.97 Å². The van der Waals surface area contributed by atoms with Crippen LogP contribution in [0, 0.1) is 11.3 Å². The van der Waals surface area contributed by atoms with Crippen molar-refractivity contribution in [1.29, 1.82) is 5.26 Å². The SMILES string of the molecule is N#Cc1ccc(S(=O)(=O)Nc2ccnc(Cl)n2)cc1Cl. The van der Waals surface area contributed by atoms with Crippen molar-refractivity contribution in [3.63, 3.8) is 0 Å². The summed E-state index contributed by atoms with van der Waals surface area (Å²) in [7, 11) is -3.87. The van der Waals surface area contributed by atoms with Gasteiger partial charge in [-0.25, -0.2) is 13.4 Å². The molecule has 0 saturated carbocycles. The van der Waals surface area contributed by atoms with E-state index in [9.17, 15) is 8.42 Å². The first kappa shape index (κ1) is 14.5. The van der Waals surface area contributed by atoms with E-state index in [-0.39, 0.29) is 26.6 Å². The average Bonchev–Trinajstić information content (AvgIpc) is 2.38. The molecule has 6 nitrogen and oxygen atoms in total. The summed E-state index contributed by atoms with van der Waals surface area (Å²) in [6.45, 7) is 0. The minimum Gasteiger partial charge on any atom is -0.263 e. The fraction of sp³-hybridized carbons (Fsp3) is 0. The van der Waals surface area contributed by atoms with Gasteiger partial charge in [0.05, 0.1) is 15.5 Å². The molecule has 0 fully saturated rings. The number of hydrogen-bond donors (Lipinski definition) is 1. The van der Waals surface area contributed by atoms with Gasteiger partial charge in [-0.2, -0.15) is 10.2 Å². The Kier molecular flexibility index (Phi) is 4.09. The van der Waals surface area contributed by atoms with Crippen LogP contribution >= 0.6 is 23.2 Å². The number of benzene rings is 1. The quantitative estimate of drug-likeness (QED) is 0.873. The smallest absolute Gasteiger partial charge is 0.263 e. The maximum absolute atomic E-state index is 12.1. The lowest BCUT2D eigenvalue weighted by Crippen LogP contribution is -2.14. The van der Waals surface area contributed by atoms with Gasteiger partial charge in [0.2, 0.25) is 5.28 Å². The highest BCUT2D eigenvalue weighted by Gasteiger charge is 2.16. The van der Waals surface area contributed by atoms with E-state index in [2.05, 4.69) is 14.7 Å². The molecule has 102 valence electrons. The highest BCUT2D eigenvalue weighted by atomic mass is 35.5. The molecule has 1 heterocycles. The number of hydrogen-bond acceptors (Lipinski definition) is 5. The summed E-state index contributed by atoms with van der Waals surface area (Å²) in [5.74, 6) is 0.0329. The number of halogens is 2. The summed E-state index contributed by atoms with van der Waals surface area (Å²) < 4.78 is 26.5. The predicted molar refractivity (Wildman–Crippen MR) is 74.0 cm³/mol. The van der Waals surface area contributed by atoms with Gasteiger partial charge in [0.15, 0.2) is 0 Å². The van der Waals surface area contributed by atoms with Crippen LogP contribution in [0.4, 0.5) is 5.82 Å². The van der Waals surface area contributed by atoms with Crippen LogP contribution in [-0.4, -0.2) is 18.4 Å². The number of nitriles is 1. The highest BCUT2D eigenvalue weighted by molar-refractivity contribution is 7.92. The first-order valence-electron chi connectivity index (χ1n) is 5.13. The predicted octanol–water partition coefficient (Wildman–Crippen LogP) is 2.46. The number of aromatic nitrogens is 2. The molecule has 0 unspecified atom stereocenters. The second kappa shape index (κ2) is 5.63. The number of sulfonamides is 1. The molecule has 0 aliphatic rings. The Balaban J connectivity index is 2.36. The highest BCUT2D eigenvalue weighted by Crippen LogP contribution is 2.21. The number of nitrogens with one attached hydrogen (secondary N) is 1. The van der Waals surface area contributed by atoms with Crippen molar-refractivity contribution in [2.75, 3.05) is 4.72 Å². The summed E-state index contributed by atoms with van der Waals surface area (Å²) in [5, 5.41) is 8.72. The van der Waals surface area contributed by atoms with Gasteiger partial charge in [0.1, 0.15) is 11.9 Å². The second-order valence-electron chi connectivity index (χ2n) is 3.57. The largest absolute Gasteiger partial charge is 0.263 e. The van der Waals surface area contributed by atoms with E-state index in [1.807, 2.05) is 6.07 Å². The second-order valence-corrected chi connectivity index (χ2v) is 6.00. The Bertz CT molecular complexity index is 802. The number of anilines is 1. The van der Waals surface area contributed by atoms with Crippen LogP contribution in [0.1, 0.15) is 5.56 Å². The topological polar surface area (TPSA) is 95.7 Å². The Hall–Kier alpha value is -1.88. The average molecular weight is 329 g/mol. The third-order valence-electron chi connectivity index (χ3n) is 2.24. The summed E-state index contributed by atoms with van der Waals surface area (Å²) in [4.78, 5) is 7.27. The maximum atomic E-state index is 12.1. The maximum Gasteiger partial charge on any atom is 0.263 e. The molecule has 0 bridgehead atoms. The lowest BCUT2D eigenvalue weighted by atomic mass is 10.2. The standard InChI is InChI=1S/C11H6Cl2N4O2S/c12-9-5-8(2-1-7(9)6-14)20(18,19)17-10-3-4-15-11(13)16-10/h1-5H,(H,15,16,17). The molecule has 0 atom stereocenters. The zero-order valence-corrected chi connectivity index (χ0v) is 12.0. The fourth-order valence-electron chi connectivity index (χ4n) is 1.34. The van der Waals surface area contributed by atoms with Crippen molar-refractivity contribution in [3.05, 3.63) is 46.3 Å². The van der Waals surface area contributed by atoms with Gasteiger partial charge in [-0.05, 0) is 35.9 Å². The molecule has 2 rings (SSSR count). The zero-order valence-electron chi connectivity index (χ0n) is 9.71. The lowest BCUT2D eigenvalue weighted by molar-refractivity contribution is 0.601. The Morgan fingerprint density at radius 2 is 2.00 bits per heavy atom. The lowest BCUT2D eigenvalue weighted by Gasteiger charge is -2.07. The van der Waals surface area contributed by atoms with Gasteiger partial charge < -0.3 is 0 Å². The van der Waals surface area contributed by atoms with Crippen molar-refractivity contribution in [3.8, 4) is 6.07 Å². The molecule has 0 radical (unpaired) electrons. The van der Waals surface area contributed by atoms with Gasteiger partial charge in [0.25, 0.3) is 10.0 Å². The van der Waals surface area contributed by atoms with E-state index < -0.39 is 10.0 Å². The van der Waals surface area contributed by atoms with Crippen molar-refractivity contribution in [2.24, 2.45) is 0 Å². The van der Waals surface area contributed by atoms with E-state index in [0.717, 1.165) is 0 Å². The van der Waals surface area contributed by atoms with Gasteiger partial charge in [0, 0.05) is 6.20 Å². The van der Waals surface area contributed by atoms with Crippen LogP contribution in [0.5, 0.6) is 0 Å². The van der Waals surface area contributed by atoms with Crippen LogP contribution in [0.2, 0.25) is 10.3 Å².